The summed E-state index contributed by atoms with van der Waals surface area (Å²) in [6.07, 6.45) is 0.947. The Morgan fingerprint density at radius 2 is 2.07 bits per heavy atom. The van der Waals surface area contributed by atoms with E-state index in [1.54, 1.807) is 7.05 Å². The summed E-state index contributed by atoms with van der Waals surface area (Å²) in [6, 6.07) is 9.59. The van der Waals surface area contributed by atoms with Crippen molar-refractivity contribution in [3.63, 3.8) is 0 Å². The van der Waals surface area contributed by atoms with E-state index >= 15 is 0 Å². The van der Waals surface area contributed by atoms with Crippen LogP contribution in [0.15, 0.2) is 30.3 Å². The second-order valence-corrected chi connectivity index (χ2v) is 3.26. The molecule has 1 atom stereocenters. The minimum atomic E-state index is -0.262. The number of nitrogens with one attached hydrogen (secondary N) is 2. The van der Waals surface area contributed by atoms with Crippen LogP contribution in [0.1, 0.15) is 5.56 Å². The zero-order chi connectivity index (χ0) is 11.1. The molecule has 1 rings (SSSR count). The fourth-order valence-corrected chi connectivity index (χ4v) is 1.42. The summed E-state index contributed by atoms with van der Waals surface area (Å²) >= 11 is 0. The Balaban J connectivity index is 2.62. The van der Waals surface area contributed by atoms with E-state index in [-0.39, 0.29) is 11.9 Å². The summed E-state index contributed by atoms with van der Waals surface area (Å²) in [7, 11) is 7.01. The van der Waals surface area contributed by atoms with Crippen LogP contribution in [-0.4, -0.2) is 33.3 Å². The van der Waals surface area contributed by atoms with Gasteiger partial charge in [0.15, 0.2) is 0 Å². The fourth-order valence-electron chi connectivity index (χ4n) is 1.42. The quantitative estimate of drug-likeness (QED) is 0.663. The minimum absolute atomic E-state index is 0.0377. The third-order valence-corrected chi connectivity index (χ3v) is 2.21. The van der Waals surface area contributed by atoms with Crippen LogP contribution in [0.25, 0.3) is 0 Å². The molecular formula is C11H15BN2O. The predicted molar refractivity (Wildman–Crippen MR) is 61.8 cm³/mol. The van der Waals surface area contributed by atoms with Crippen LogP contribution >= 0.6 is 0 Å². The molecule has 0 aliphatic heterocycles. The lowest BCUT2D eigenvalue weighted by Crippen LogP contribution is -2.44. The van der Waals surface area contributed by atoms with Crippen LogP contribution in [0.4, 0.5) is 0 Å². The molecule has 1 aromatic carbocycles. The van der Waals surface area contributed by atoms with Crippen LogP contribution in [0.2, 0.25) is 0 Å². The van der Waals surface area contributed by atoms with Gasteiger partial charge in [-0.2, -0.15) is 0 Å². The summed E-state index contributed by atoms with van der Waals surface area (Å²) in [4.78, 5) is 11.5. The van der Waals surface area contributed by atoms with Crippen molar-refractivity contribution in [1.29, 1.82) is 0 Å². The lowest BCUT2D eigenvalue weighted by atomic mass is 10.0. The number of likely N-dealkylation sites (N-methyl/N-ethyl adjacent to an activating group) is 1. The molecule has 3 nitrogen and oxygen atoms in total. The van der Waals surface area contributed by atoms with Crippen LogP contribution in [0.5, 0.6) is 0 Å². The van der Waals surface area contributed by atoms with Crippen molar-refractivity contribution in [2.45, 2.75) is 12.5 Å². The summed E-state index contributed by atoms with van der Waals surface area (Å²) in [5, 5.41) is 5.56. The first-order valence-electron chi connectivity index (χ1n) is 4.97. The molecular weight excluding hydrogens is 187 g/mol. The highest BCUT2D eigenvalue weighted by Crippen LogP contribution is 2.02. The third kappa shape index (κ3) is 3.76. The van der Waals surface area contributed by atoms with Crippen LogP contribution < -0.4 is 10.6 Å². The number of benzene rings is 1. The monoisotopic (exact) mass is 202 g/mol. The molecule has 2 N–H and O–H groups in total. The average Bonchev–Trinajstić information content (AvgIpc) is 2.29. The molecule has 0 fully saturated rings. The maximum Gasteiger partial charge on any atom is 0.237 e. The van der Waals surface area contributed by atoms with E-state index in [9.17, 15) is 4.79 Å². The van der Waals surface area contributed by atoms with Gasteiger partial charge in [0.25, 0.3) is 0 Å². The topological polar surface area (TPSA) is 41.1 Å². The summed E-state index contributed by atoms with van der Waals surface area (Å²) < 4.78 is 0. The molecule has 0 aliphatic carbocycles. The Bertz CT molecular complexity index is 303. The number of amides is 1. The second kappa shape index (κ2) is 6.25. The molecule has 0 spiro atoms. The molecule has 0 heterocycles. The van der Waals surface area contributed by atoms with Gasteiger partial charge in [0.05, 0.1) is 13.9 Å². The van der Waals surface area contributed by atoms with Crippen molar-refractivity contribution in [2.24, 2.45) is 0 Å². The number of hydrogen-bond donors (Lipinski definition) is 2. The highest BCUT2D eigenvalue weighted by molar-refractivity contribution is 6.09. The normalized spacial score (nSPS) is 12.1. The van der Waals surface area contributed by atoms with E-state index in [0.29, 0.717) is 12.9 Å². The molecule has 2 radical (unpaired) electrons. The lowest BCUT2D eigenvalue weighted by Gasteiger charge is -2.16. The first kappa shape index (κ1) is 11.8. The van der Waals surface area contributed by atoms with E-state index in [1.807, 2.05) is 30.3 Å². The molecule has 78 valence electrons. The molecule has 0 aliphatic rings. The van der Waals surface area contributed by atoms with Crippen LogP contribution in [0.3, 0.4) is 0 Å². The first-order chi connectivity index (χ1) is 7.27. The molecule has 15 heavy (non-hydrogen) atoms. The Morgan fingerprint density at radius 3 is 2.60 bits per heavy atom. The van der Waals surface area contributed by atoms with Crippen molar-refractivity contribution in [2.75, 3.05) is 13.5 Å². The fraction of sp³-hybridized carbons (Fsp3) is 0.364. The first-order valence-corrected chi connectivity index (χ1v) is 4.97. The van der Waals surface area contributed by atoms with Crippen molar-refractivity contribution in [1.82, 2.24) is 10.6 Å². The van der Waals surface area contributed by atoms with Crippen LogP contribution in [0, 0.1) is 0 Å². The number of carbonyl (C=O) groups is 1. The number of rotatable bonds is 5. The number of hydrogen-bond acceptors (Lipinski definition) is 2. The van der Waals surface area contributed by atoms with Gasteiger partial charge in [-0.25, -0.2) is 0 Å². The maximum absolute atomic E-state index is 11.5. The Labute approximate surface area is 91.7 Å². The molecule has 4 heteroatoms. The van der Waals surface area contributed by atoms with Gasteiger partial charge in [0.1, 0.15) is 0 Å². The van der Waals surface area contributed by atoms with Gasteiger partial charge in [-0.1, -0.05) is 30.3 Å². The third-order valence-electron chi connectivity index (χ3n) is 2.21. The van der Waals surface area contributed by atoms with Crippen molar-refractivity contribution in [3.8, 4) is 0 Å². The van der Waals surface area contributed by atoms with E-state index < -0.39 is 0 Å². The standard InChI is InChI=1S/C11H15BN2O/c1-13-11(15)10(14-8-12)7-9-5-3-2-4-6-9/h2-6,10,14H,7-8H2,1H3,(H,13,15). The maximum atomic E-state index is 11.5. The predicted octanol–water partition coefficient (Wildman–Crippen LogP) is 0.0593. The Hall–Kier alpha value is -1.29. The lowest BCUT2D eigenvalue weighted by molar-refractivity contribution is -0.122. The van der Waals surface area contributed by atoms with E-state index in [1.165, 1.54) is 0 Å². The smallest absolute Gasteiger partial charge is 0.237 e. The van der Waals surface area contributed by atoms with Gasteiger partial charge >= 0.3 is 0 Å². The zero-order valence-corrected chi connectivity index (χ0v) is 8.86. The Morgan fingerprint density at radius 1 is 1.40 bits per heavy atom. The van der Waals surface area contributed by atoms with Crippen molar-refractivity contribution in [3.05, 3.63) is 35.9 Å². The minimum Gasteiger partial charge on any atom is -0.358 e. The van der Waals surface area contributed by atoms with E-state index in [2.05, 4.69) is 10.6 Å². The highest BCUT2D eigenvalue weighted by Gasteiger charge is 2.15. The van der Waals surface area contributed by atoms with Gasteiger partial charge < -0.3 is 10.6 Å². The van der Waals surface area contributed by atoms with Gasteiger partial charge in [-0.15, -0.1) is 0 Å². The number of carbonyl (C=O) groups excluding carboxylic acids is 1. The van der Waals surface area contributed by atoms with Gasteiger partial charge in [-0.3, -0.25) is 4.79 Å². The summed E-state index contributed by atoms with van der Waals surface area (Å²) in [5.41, 5.74) is 1.12. The highest BCUT2D eigenvalue weighted by atomic mass is 16.2. The SMILES string of the molecule is [B]CNC(Cc1ccccc1)C(=O)NC. The molecule has 1 unspecified atom stereocenters. The molecule has 0 aromatic heterocycles. The van der Waals surface area contributed by atoms with Crippen LogP contribution in [-0.2, 0) is 11.2 Å². The van der Waals surface area contributed by atoms with Gasteiger partial charge in [-0.05, 0) is 18.4 Å². The zero-order valence-electron chi connectivity index (χ0n) is 8.86. The molecule has 1 amide bonds. The Kier molecular flexibility index (Phi) is 4.91. The summed E-state index contributed by atoms with van der Waals surface area (Å²) in [5.74, 6) is -0.0377. The second-order valence-electron chi connectivity index (χ2n) is 3.26. The molecule has 0 bridgehead atoms. The van der Waals surface area contributed by atoms with E-state index in [0.717, 1.165) is 5.56 Å². The molecule has 1 aromatic rings. The molecule has 0 saturated heterocycles. The summed E-state index contributed by atoms with van der Waals surface area (Å²) in [6.45, 7) is 0. The van der Waals surface area contributed by atoms with Crippen molar-refractivity contribution < 1.29 is 4.79 Å². The molecule has 0 saturated carbocycles. The average molecular weight is 202 g/mol. The largest absolute Gasteiger partial charge is 0.358 e. The van der Waals surface area contributed by atoms with Crippen molar-refractivity contribution >= 4 is 13.8 Å². The van der Waals surface area contributed by atoms with Gasteiger partial charge in [0, 0.05) is 7.05 Å². The van der Waals surface area contributed by atoms with Gasteiger partial charge in [0.2, 0.25) is 5.91 Å². The van der Waals surface area contributed by atoms with E-state index in [4.69, 9.17) is 7.85 Å².